The quantitative estimate of drug-likeness (QED) is 0.797. The van der Waals surface area contributed by atoms with E-state index in [0.717, 1.165) is 31.5 Å². The van der Waals surface area contributed by atoms with Gasteiger partial charge in [-0.05, 0) is 37.3 Å². The van der Waals surface area contributed by atoms with Crippen molar-refractivity contribution in [1.82, 2.24) is 0 Å². The molecule has 1 aliphatic heterocycles. The zero-order valence-electron chi connectivity index (χ0n) is 10.1. The number of carbonyl (C=O) groups excluding carboxylic acids is 1. The molecule has 2 N–H and O–H groups in total. The molecule has 1 fully saturated rings. The summed E-state index contributed by atoms with van der Waals surface area (Å²) >= 11 is 0. The van der Waals surface area contributed by atoms with Crippen LogP contribution in [0.15, 0.2) is 18.2 Å². The van der Waals surface area contributed by atoms with Gasteiger partial charge < -0.3 is 10.6 Å². The lowest BCUT2D eigenvalue weighted by Gasteiger charge is -2.31. The van der Waals surface area contributed by atoms with Gasteiger partial charge in [0.1, 0.15) is 0 Å². The van der Waals surface area contributed by atoms with Crippen molar-refractivity contribution in [3.05, 3.63) is 29.3 Å². The number of hydrogen-bond acceptors (Lipinski definition) is 2. The summed E-state index contributed by atoms with van der Waals surface area (Å²) < 4.78 is 0. The van der Waals surface area contributed by atoms with Gasteiger partial charge in [-0.25, -0.2) is 0 Å². The highest BCUT2D eigenvalue weighted by atomic mass is 16.2. The molecule has 0 aromatic heterocycles. The molecule has 2 atom stereocenters. The Morgan fingerprint density at radius 1 is 1.47 bits per heavy atom. The van der Waals surface area contributed by atoms with Gasteiger partial charge in [-0.3, -0.25) is 4.79 Å². The van der Waals surface area contributed by atoms with Crippen molar-refractivity contribution < 1.29 is 4.79 Å². The molecule has 3 nitrogen and oxygen atoms in total. The third-order valence-electron chi connectivity index (χ3n) is 3.84. The van der Waals surface area contributed by atoms with E-state index in [0.29, 0.717) is 0 Å². The summed E-state index contributed by atoms with van der Waals surface area (Å²) in [6.45, 7) is 2.93. The zero-order valence-corrected chi connectivity index (χ0v) is 10.1. The molecule has 1 saturated carbocycles. The highest BCUT2D eigenvalue weighted by molar-refractivity contribution is 5.99. The highest BCUT2D eigenvalue weighted by Gasteiger charge is 2.43. The second-order valence-corrected chi connectivity index (χ2v) is 5.18. The second kappa shape index (κ2) is 3.84. The Labute approximate surface area is 102 Å². The number of carbonyl (C=O) groups is 1. The first-order valence-electron chi connectivity index (χ1n) is 6.34. The number of aryl methyl sites for hydroxylation is 2. The van der Waals surface area contributed by atoms with E-state index in [1.54, 1.807) is 0 Å². The minimum absolute atomic E-state index is 0.0700. The molecular weight excluding hydrogens is 212 g/mol. The van der Waals surface area contributed by atoms with E-state index in [1.807, 2.05) is 4.90 Å². The number of amides is 1. The summed E-state index contributed by atoms with van der Waals surface area (Å²) in [4.78, 5) is 14.3. The van der Waals surface area contributed by atoms with Gasteiger partial charge in [0.05, 0.1) is 5.92 Å². The molecule has 1 amide bonds. The summed E-state index contributed by atoms with van der Waals surface area (Å²) in [7, 11) is 0. The SMILES string of the molecule is Cc1cccc2c1N(C(=O)C1CC1N)CCC2. The molecule has 90 valence electrons. The molecule has 1 aromatic carbocycles. The fraction of sp³-hybridized carbons (Fsp3) is 0.500. The standard InChI is InChI=1S/C14H18N2O/c1-9-4-2-5-10-6-3-7-16(13(9)10)14(17)11-8-12(11)15/h2,4-5,11-12H,3,6-8,15H2,1H3. The van der Waals surface area contributed by atoms with Crippen LogP contribution in [0.2, 0.25) is 0 Å². The van der Waals surface area contributed by atoms with E-state index >= 15 is 0 Å². The molecule has 2 unspecified atom stereocenters. The van der Waals surface area contributed by atoms with Gasteiger partial charge in [0.2, 0.25) is 5.91 Å². The molecule has 3 heteroatoms. The third kappa shape index (κ3) is 1.75. The predicted octanol–water partition coefficient (Wildman–Crippen LogP) is 1.62. The van der Waals surface area contributed by atoms with E-state index in [1.165, 1.54) is 11.1 Å². The topological polar surface area (TPSA) is 46.3 Å². The lowest BCUT2D eigenvalue weighted by Crippen LogP contribution is -2.38. The summed E-state index contributed by atoms with van der Waals surface area (Å²) in [6, 6.07) is 6.38. The summed E-state index contributed by atoms with van der Waals surface area (Å²) in [6.07, 6.45) is 3.00. The number of nitrogens with zero attached hydrogens (tertiary/aromatic N) is 1. The van der Waals surface area contributed by atoms with Crippen LogP contribution < -0.4 is 10.6 Å². The molecule has 3 rings (SSSR count). The van der Waals surface area contributed by atoms with Crippen molar-refractivity contribution in [2.24, 2.45) is 11.7 Å². The van der Waals surface area contributed by atoms with Crippen molar-refractivity contribution in [2.75, 3.05) is 11.4 Å². The van der Waals surface area contributed by atoms with Crippen LogP contribution in [0.5, 0.6) is 0 Å². The van der Waals surface area contributed by atoms with E-state index in [9.17, 15) is 4.79 Å². The van der Waals surface area contributed by atoms with Gasteiger partial charge in [-0.2, -0.15) is 0 Å². The van der Waals surface area contributed by atoms with Gasteiger partial charge in [0.15, 0.2) is 0 Å². The Bertz CT molecular complexity index is 469. The average Bonchev–Trinajstić information content (AvgIpc) is 3.05. The Morgan fingerprint density at radius 2 is 2.24 bits per heavy atom. The number of benzene rings is 1. The second-order valence-electron chi connectivity index (χ2n) is 5.18. The predicted molar refractivity (Wildman–Crippen MR) is 67.9 cm³/mol. The number of nitrogens with two attached hydrogens (primary N) is 1. The summed E-state index contributed by atoms with van der Waals surface area (Å²) in [5.41, 5.74) is 9.43. The van der Waals surface area contributed by atoms with Crippen LogP contribution in [-0.4, -0.2) is 18.5 Å². The van der Waals surface area contributed by atoms with E-state index in [4.69, 9.17) is 5.73 Å². The first kappa shape index (κ1) is 10.8. The van der Waals surface area contributed by atoms with Crippen molar-refractivity contribution in [2.45, 2.75) is 32.2 Å². The molecule has 0 saturated heterocycles. The number of rotatable bonds is 1. The van der Waals surface area contributed by atoms with Gasteiger partial charge >= 0.3 is 0 Å². The molecule has 0 bridgehead atoms. The average molecular weight is 230 g/mol. The first-order chi connectivity index (χ1) is 8.18. The maximum absolute atomic E-state index is 12.3. The zero-order chi connectivity index (χ0) is 12.0. The molecule has 2 aliphatic rings. The monoisotopic (exact) mass is 230 g/mol. The lowest BCUT2D eigenvalue weighted by molar-refractivity contribution is -0.119. The Morgan fingerprint density at radius 3 is 2.94 bits per heavy atom. The van der Waals surface area contributed by atoms with E-state index < -0.39 is 0 Å². The molecular formula is C14H18N2O. The molecule has 0 spiro atoms. The minimum atomic E-state index is 0.0700. The van der Waals surface area contributed by atoms with Crippen LogP contribution in [0.25, 0.3) is 0 Å². The maximum atomic E-state index is 12.3. The molecule has 1 aliphatic carbocycles. The van der Waals surface area contributed by atoms with Gasteiger partial charge in [-0.1, -0.05) is 18.2 Å². The van der Waals surface area contributed by atoms with Crippen molar-refractivity contribution in [3.8, 4) is 0 Å². The lowest BCUT2D eigenvalue weighted by atomic mass is 9.98. The highest BCUT2D eigenvalue weighted by Crippen LogP contribution is 2.36. The van der Waals surface area contributed by atoms with Crippen LogP contribution in [0, 0.1) is 12.8 Å². The van der Waals surface area contributed by atoms with Crippen molar-refractivity contribution in [3.63, 3.8) is 0 Å². The molecule has 17 heavy (non-hydrogen) atoms. The van der Waals surface area contributed by atoms with Crippen LogP contribution in [0.1, 0.15) is 24.0 Å². The fourth-order valence-electron chi connectivity index (χ4n) is 2.77. The minimum Gasteiger partial charge on any atom is -0.327 e. The number of hydrogen-bond donors (Lipinski definition) is 1. The number of fused-ring (bicyclic) bond motifs is 1. The largest absolute Gasteiger partial charge is 0.327 e. The maximum Gasteiger partial charge on any atom is 0.231 e. The number of anilines is 1. The van der Waals surface area contributed by atoms with Crippen LogP contribution in [0.3, 0.4) is 0 Å². The Hall–Kier alpha value is -1.35. The summed E-state index contributed by atoms with van der Waals surface area (Å²) in [5.74, 6) is 0.299. The Balaban J connectivity index is 1.96. The van der Waals surface area contributed by atoms with Crippen LogP contribution >= 0.6 is 0 Å². The van der Waals surface area contributed by atoms with E-state index in [2.05, 4.69) is 25.1 Å². The van der Waals surface area contributed by atoms with Crippen LogP contribution in [-0.2, 0) is 11.2 Å². The molecule has 1 aromatic rings. The van der Waals surface area contributed by atoms with Gasteiger partial charge in [-0.15, -0.1) is 0 Å². The van der Waals surface area contributed by atoms with E-state index in [-0.39, 0.29) is 17.9 Å². The van der Waals surface area contributed by atoms with Crippen molar-refractivity contribution >= 4 is 11.6 Å². The smallest absolute Gasteiger partial charge is 0.231 e. The van der Waals surface area contributed by atoms with Crippen LogP contribution in [0.4, 0.5) is 5.69 Å². The molecule has 1 heterocycles. The van der Waals surface area contributed by atoms with Crippen molar-refractivity contribution in [1.29, 1.82) is 0 Å². The molecule has 0 radical (unpaired) electrons. The van der Waals surface area contributed by atoms with Gasteiger partial charge in [0.25, 0.3) is 0 Å². The van der Waals surface area contributed by atoms with Gasteiger partial charge in [0, 0.05) is 18.3 Å². The first-order valence-corrected chi connectivity index (χ1v) is 6.34. The number of para-hydroxylation sites is 1. The Kier molecular flexibility index (Phi) is 2.44. The third-order valence-corrected chi connectivity index (χ3v) is 3.84. The normalized spacial score (nSPS) is 26.6. The summed E-state index contributed by atoms with van der Waals surface area (Å²) in [5, 5.41) is 0. The fourth-order valence-corrected chi connectivity index (χ4v) is 2.77.